The van der Waals surface area contributed by atoms with E-state index in [4.69, 9.17) is 13.9 Å². The molecule has 0 aliphatic rings. The largest absolute Gasteiger partial charge is 0.497 e. The van der Waals surface area contributed by atoms with Gasteiger partial charge in [-0.05, 0) is 36.4 Å². The Labute approximate surface area is 152 Å². The number of carbonyl (C=O) groups excluding carboxylic acids is 1. The summed E-state index contributed by atoms with van der Waals surface area (Å²) in [6, 6.07) is 12.2. The maximum Gasteiger partial charge on any atom is 0.322 e. The van der Waals surface area contributed by atoms with Gasteiger partial charge in [-0.3, -0.25) is 10.1 Å². The second kappa shape index (κ2) is 7.35. The number of nitrogens with zero attached hydrogens (tertiary/aromatic N) is 2. The van der Waals surface area contributed by atoms with Crippen molar-refractivity contribution in [2.75, 3.05) is 19.5 Å². The first kappa shape index (κ1) is 17.0. The highest BCUT2D eigenvalue weighted by Crippen LogP contribution is 2.33. The molecule has 0 unspecified atom stereocenters. The Kier molecular flexibility index (Phi) is 4.99. The van der Waals surface area contributed by atoms with Gasteiger partial charge in [0.1, 0.15) is 11.5 Å². The van der Waals surface area contributed by atoms with Gasteiger partial charge in [0.05, 0.1) is 19.8 Å². The number of amides is 1. The van der Waals surface area contributed by atoms with Gasteiger partial charge >= 0.3 is 6.01 Å². The second-order valence-electron chi connectivity index (χ2n) is 4.94. The summed E-state index contributed by atoms with van der Waals surface area (Å²) in [5.74, 6) is 1.03. The van der Waals surface area contributed by atoms with Gasteiger partial charge in [0.15, 0.2) is 0 Å². The Morgan fingerprint density at radius 2 is 1.96 bits per heavy atom. The number of methoxy groups -OCH3 is 2. The van der Waals surface area contributed by atoms with Crippen LogP contribution in [0.1, 0.15) is 10.4 Å². The maximum absolute atomic E-state index is 12.2. The Bertz CT molecular complexity index is 910. The van der Waals surface area contributed by atoms with Crippen molar-refractivity contribution >= 4 is 27.9 Å². The highest BCUT2D eigenvalue weighted by atomic mass is 79.9. The monoisotopic (exact) mass is 403 g/mol. The zero-order chi connectivity index (χ0) is 17.8. The predicted molar refractivity (Wildman–Crippen MR) is 94.9 cm³/mol. The van der Waals surface area contributed by atoms with Crippen molar-refractivity contribution in [1.29, 1.82) is 0 Å². The number of hydrogen-bond acceptors (Lipinski definition) is 6. The van der Waals surface area contributed by atoms with Crippen molar-refractivity contribution in [3.63, 3.8) is 0 Å². The summed E-state index contributed by atoms with van der Waals surface area (Å²) >= 11 is 3.32. The van der Waals surface area contributed by atoms with E-state index in [1.54, 1.807) is 43.5 Å². The summed E-state index contributed by atoms with van der Waals surface area (Å²) in [4.78, 5) is 12.2. The molecular weight excluding hydrogens is 390 g/mol. The van der Waals surface area contributed by atoms with E-state index in [1.807, 2.05) is 6.07 Å². The number of ether oxygens (including phenoxy) is 2. The molecule has 3 aromatic rings. The van der Waals surface area contributed by atoms with E-state index in [0.29, 0.717) is 22.6 Å². The highest BCUT2D eigenvalue weighted by molar-refractivity contribution is 9.10. The van der Waals surface area contributed by atoms with E-state index >= 15 is 0 Å². The summed E-state index contributed by atoms with van der Waals surface area (Å²) in [6.07, 6.45) is 0. The predicted octanol–water partition coefficient (Wildman–Crippen LogP) is 3.77. The molecule has 1 aromatic heterocycles. The van der Waals surface area contributed by atoms with Gasteiger partial charge in [-0.15, -0.1) is 5.10 Å². The molecule has 0 fully saturated rings. The second-order valence-corrected chi connectivity index (χ2v) is 5.86. The van der Waals surface area contributed by atoms with E-state index in [2.05, 4.69) is 31.4 Å². The molecule has 1 amide bonds. The van der Waals surface area contributed by atoms with Crippen LogP contribution in [0, 0.1) is 0 Å². The van der Waals surface area contributed by atoms with Gasteiger partial charge in [0, 0.05) is 10.0 Å². The smallest absolute Gasteiger partial charge is 0.322 e. The van der Waals surface area contributed by atoms with Crippen molar-refractivity contribution in [3.05, 3.63) is 52.5 Å². The Morgan fingerprint density at radius 1 is 1.12 bits per heavy atom. The summed E-state index contributed by atoms with van der Waals surface area (Å²) in [5.41, 5.74) is 1.03. The lowest BCUT2D eigenvalue weighted by Crippen LogP contribution is -2.11. The lowest BCUT2D eigenvalue weighted by Gasteiger charge is -2.07. The Morgan fingerprint density at radius 3 is 2.68 bits per heavy atom. The molecule has 3 rings (SSSR count). The molecule has 0 radical (unpaired) electrons. The Hall–Kier alpha value is -2.87. The molecule has 0 bridgehead atoms. The molecule has 0 aliphatic heterocycles. The summed E-state index contributed by atoms with van der Waals surface area (Å²) in [6.45, 7) is 0. The molecule has 1 N–H and O–H groups in total. The van der Waals surface area contributed by atoms with Crippen LogP contribution in [0.2, 0.25) is 0 Å². The third-order valence-electron chi connectivity index (χ3n) is 3.37. The van der Waals surface area contributed by atoms with Crippen LogP contribution in [-0.2, 0) is 0 Å². The zero-order valence-corrected chi connectivity index (χ0v) is 15.0. The van der Waals surface area contributed by atoms with Crippen molar-refractivity contribution in [2.45, 2.75) is 0 Å². The lowest BCUT2D eigenvalue weighted by molar-refractivity contribution is 0.102. The summed E-state index contributed by atoms with van der Waals surface area (Å²) in [5, 5.41) is 10.4. The quantitative estimate of drug-likeness (QED) is 0.697. The fourth-order valence-electron chi connectivity index (χ4n) is 2.16. The first-order valence-corrected chi connectivity index (χ1v) is 8.03. The van der Waals surface area contributed by atoms with Crippen molar-refractivity contribution < 1.29 is 18.7 Å². The molecule has 0 saturated carbocycles. The van der Waals surface area contributed by atoms with E-state index in [9.17, 15) is 4.79 Å². The fraction of sp³-hybridized carbons (Fsp3) is 0.118. The van der Waals surface area contributed by atoms with Crippen LogP contribution >= 0.6 is 15.9 Å². The molecule has 2 aromatic carbocycles. The number of nitrogens with one attached hydrogen (secondary N) is 1. The van der Waals surface area contributed by atoms with E-state index < -0.39 is 0 Å². The number of benzene rings is 2. The number of aromatic nitrogens is 2. The average molecular weight is 404 g/mol. The van der Waals surface area contributed by atoms with E-state index in [0.717, 1.165) is 4.47 Å². The summed E-state index contributed by atoms with van der Waals surface area (Å²) in [7, 11) is 3.10. The SMILES string of the molecule is COc1ccc(OC)c(-c2nnc(NC(=O)c3cccc(Br)c3)o2)c1. The molecule has 0 saturated heterocycles. The number of rotatable bonds is 5. The number of halogens is 1. The van der Waals surface area contributed by atoms with Crippen LogP contribution in [0.15, 0.2) is 51.4 Å². The Balaban J connectivity index is 1.84. The topological polar surface area (TPSA) is 86.5 Å². The third kappa shape index (κ3) is 3.80. The lowest BCUT2D eigenvalue weighted by atomic mass is 10.2. The van der Waals surface area contributed by atoms with Gasteiger partial charge in [0.2, 0.25) is 0 Å². The normalized spacial score (nSPS) is 10.4. The number of anilines is 1. The van der Waals surface area contributed by atoms with Gasteiger partial charge in [-0.1, -0.05) is 27.1 Å². The van der Waals surface area contributed by atoms with Crippen molar-refractivity contribution in [2.24, 2.45) is 0 Å². The molecule has 0 spiro atoms. The van der Waals surface area contributed by atoms with Gasteiger partial charge < -0.3 is 13.9 Å². The molecule has 1 heterocycles. The van der Waals surface area contributed by atoms with Crippen LogP contribution < -0.4 is 14.8 Å². The molecule has 7 nitrogen and oxygen atoms in total. The van der Waals surface area contributed by atoms with Crippen molar-refractivity contribution in [3.8, 4) is 23.0 Å². The van der Waals surface area contributed by atoms with Gasteiger partial charge in [-0.25, -0.2) is 0 Å². The molecular formula is C17H14BrN3O4. The van der Waals surface area contributed by atoms with Crippen LogP contribution in [-0.4, -0.2) is 30.3 Å². The van der Waals surface area contributed by atoms with Gasteiger partial charge in [0.25, 0.3) is 11.8 Å². The molecule has 0 atom stereocenters. The van der Waals surface area contributed by atoms with Crippen LogP contribution in [0.5, 0.6) is 11.5 Å². The highest BCUT2D eigenvalue weighted by Gasteiger charge is 2.16. The van der Waals surface area contributed by atoms with Crippen LogP contribution in [0.3, 0.4) is 0 Å². The number of carbonyl (C=O) groups is 1. The maximum atomic E-state index is 12.2. The van der Waals surface area contributed by atoms with Gasteiger partial charge in [-0.2, -0.15) is 0 Å². The van der Waals surface area contributed by atoms with E-state index in [-0.39, 0.29) is 17.8 Å². The van der Waals surface area contributed by atoms with E-state index in [1.165, 1.54) is 7.11 Å². The van der Waals surface area contributed by atoms with Crippen LogP contribution in [0.25, 0.3) is 11.5 Å². The van der Waals surface area contributed by atoms with Crippen LogP contribution in [0.4, 0.5) is 6.01 Å². The minimum atomic E-state index is -0.353. The standard InChI is InChI=1S/C17H14BrN3O4/c1-23-12-6-7-14(24-2)13(9-12)16-20-21-17(25-16)19-15(22)10-4-3-5-11(18)8-10/h3-9H,1-2H3,(H,19,21,22). The summed E-state index contributed by atoms with van der Waals surface area (Å²) < 4.78 is 16.8. The molecule has 25 heavy (non-hydrogen) atoms. The first-order chi connectivity index (χ1) is 12.1. The first-order valence-electron chi connectivity index (χ1n) is 7.23. The number of hydrogen-bond donors (Lipinski definition) is 1. The molecule has 0 aliphatic carbocycles. The fourth-order valence-corrected chi connectivity index (χ4v) is 2.56. The van der Waals surface area contributed by atoms with Crippen molar-refractivity contribution in [1.82, 2.24) is 10.2 Å². The molecule has 128 valence electrons. The minimum absolute atomic E-state index is 0.00940. The minimum Gasteiger partial charge on any atom is -0.497 e. The molecule has 8 heteroatoms. The average Bonchev–Trinajstić information content (AvgIpc) is 3.09. The third-order valence-corrected chi connectivity index (χ3v) is 3.86. The zero-order valence-electron chi connectivity index (χ0n) is 13.4.